The molecule has 15 heavy (non-hydrogen) atoms. The molecule has 0 radical (unpaired) electrons. The van der Waals surface area contributed by atoms with Gasteiger partial charge in [-0.1, -0.05) is 0 Å². The van der Waals surface area contributed by atoms with Crippen molar-refractivity contribution in [3.63, 3.8) is 0 Å². The number of ketones is 1. The number of rotatable bonds is 2. The van der Waals surface area contributed by atoms with Gasteiger partial charge < -0.3 is 0 Å². The Balaban J connectivity index is 3.11. The molecule has 0 fully saturated rings. The van der Waals surface area contributed by atoms with Crippen LogP contribution in [0.15, 0.2) is 18.2 Å². The minimum Gasteiger partial charge on any atom is -0.300 e. The number of hydrogen-bond acceptors (Lipinski definition) is 1. The molecule has 1 nitrogen and oxygen atoms in total. The molecule has 0 amide bonds. The summed E-state index contributed by atoms with van der Waals surface area (Å²) in [7, 11) is 0. The number of halogens is 4. The third-order valence-electron chi connectivity index (χ3n) is 1.74. The van der Waals surface area contributed by atoms with Gasteiger partial charge in [0.25, 0.3) is 0 Å². The minimum absolute atomic E-state index is 0.0369. The number of carbonyl (C=O) groups is 1. The molecular formula is C10H8F4O. The van der Waals surface area contributed by atoms with Crippen molar-refractivity contribution < 1.29 is 22.4 Å². The molecule has 0 aliphatic rings. The van der Waals surface area contributed by atoms with Gasteiger partial charge in [-0.25, -0.2) is 4.39 Å². The average Bonchev–Trinajstić information content (AvgIpc) is 1.99. The molecule has 0 aliphatic carbocycles. The maximum atomic E-state index is 12.8. The Labute approximate surface area is 83.7 Å². The van der Waals surface area contributed by atoms with Gasteiger partial charge in [0.15, 0.2) is 0 Å². The molecule has 0 saturated heterocycles. The summed E-state index contributed by atoms with van der Waals surface area (Å²) in [6.45, 7) is 1.23. The van der Waals surface area contributed by atoms with Crippen LogP contribution in [0.5, 0.6) is 0 Å². The standard InChI is InChI=1S/C10H8F4O/c1-6(15)2-7-3-8(10(12,13)14)5-9(11)4-7/h3-5H,2H2,1H3. The molecule has 0 unspecified atom stereocenters. The molecule has 82 valence electrons. The highest BCUT2D eigenvalue weighted by atomic mass is 19.4. The van der Waals surface area contributed by atoms with Crippen LogP contribution in [0.25, 0.3) is 0 Å². The second-order valence-corrected chi connectivity index (χ2v) is 3.22. The quantitative estimate of drug-likeness (QED) is 0.700. The Bertz CT molecular complexity index is 381. The highest BCUT2D eigenvalue weighted by molar-refractivity contribution is 5.78. The number of carbonyl (C=O) groups excluding carboxylic acids is 1. The summed E-state index contributed by atoms with van der Waals surface area (Å²) in [5.74, 6) is -1.30. The van der Waals surface area contributed by atoms with Gasteiger partial charge in [0, 0.05) is 6.42 Å². The topological polar surface area (TPSA) is 17.1 Å². The van der Waals surface area contributed by atoms with Crippen molar-refractivity contribution in [2.75, 3.05) is 0 Å². The third kappa shape index (κ3) is 3.34. The van der Waals surface area contributed by atoms with Crippen molar-refractivity contribution in [2.24, 2.45) is 0 Å². The van der Waals surface area contributed by atoms with Crippen LogP contribution in [-0.2, 0) is 17.4 Å². The molecule has 0 saturated carbocycles. The van der Waals surface area contributed by atoms with E-state index in [4.69, 9.17) is 0 Å². The smallest absolute Gasteiger partial charge is 0.300 e. The maximum Gasteiger partial charge on any atom is 0.416 e. The van der Waals surface area contributed by atoms with Gasteiger partial charge in [-0.15, -0.1) is 0 Å². The van der Waals surface area contributed by atoms with Crippen LogP contribution in [0, 0.1) is 5.82 Å². The van der Waals surface area contributed by atoms with E-state index in [1.165, 1.54) is 6.92 Å². The van der Waals surface area contributed by atoms with Crippen molar-refractivity contribution in [1.82, 2.24) is 0 Å². The van der Waals surface area contributed by atoms with Crippen LogP contribution in [0.4, 0.5) is 17.6 Å². The molecule has 0 aromatic heterocycles. The van der Waals surface area contributed by atoms with E-state index in [-0.39, 0.29) is 17.8 Å². The molecule has 0 spiro atoms. The number of alkyl halides is 3. The second kappa shape index (κ2) is 4.00. The normalized spacial score (nSPS) is 11.5. The summed E-state index contributed by atoms with van der Waals surface area (Å²) < 4.78 is 49.5. The molecule has 0 atom stereocenters. The van der Waals surface area contributed by atoms with Gasteiger partial charge in [0.2, 0.25) is 0 Å². The van der Waals surface area contributed by atoms with E-state index in [0.717, 1.165) is 12.1 Å². The van der Waals surface area contributed by atoms with Gasteiger partial charge in [0.1, 0.15) is 11.6 Å². The summed E-state index contributed by atoms with van der Waals surface area (Å²) in [4.78, 5) is 10.7. The van der Waals surface area contributed by atoms with Crippen LogP contribution in [0.2, 0.25) is 0 Å². The monoisotopic (exact) mass is 220 g/mol. The molecule has 1 aromatic carbocycles. The van der Waals surface area contributed by atoms with Crippen LogP contribution >= 0.6 is 0 Å². The van der Waals surface area contributed by atoms with Crippen molar-refractivity contribution >= 4 is 5.78 Å². The Morgan fingerprint density at radius 3 is 2.33 bits per heavy atom. The summed E-state index contributed by atoms with van der Waals surface area (Å²) in [6, 6.07) is 2.12. The molecule has 0 N–H and O–H groups in total. The van der Waals surface area contributed by atoms with Gasteiger partial charge in [-0.05, 0) is 30.7 Å². The van der Waals surface area contributed by atoms with Gasteiger partial charge in [-0.2, -0.15) is 13.2 Å². The first-order chi connectivity index (χ1) is 6.79. The predicted octanol–water partition coefficient (Wildman–Crippen LogP) is 2.98. The zero-order chi connectivity index (χ0) is 11.6. The van der Waals surface area contributed by atoms with E-state index in [1.54, 1.807) is 0 Å². The van der Waals surface area contributed by atoms with Crippen LogP contribution < -0.4 is 0 Å². The first-order valence-electron chi connectivity index (χ1n) is 4.15. The molecule has 1 rings (SSSR count). The van der Waals surface area contributed by atoms with Crippen LogP contribution in [0.1, 0.15) is 18.1 Å². The van der Waals surface area contributed by atoms with Crippen LogP contribution in [-0.4, -0.2) is 5.78 Å². The Kier molecular flexibility index (Phi) is 3.12. The van der Waals surface area contributed by atoms with Gasteiger partial charge in [0.05, 0.1) is 5.56 Å². The largest absolute Gasteiger partial charge is 0.416 e. The predicted molar refractivity (Wildman–Crippen MR) is 45.8 cm³/mol. The molecule has 0 bridgehead atoms. The second-order valence-electron chi connectivity index (χ2n) is 3.22. The zero-order valence-corrected chi connectivity index (χ0v) is 7.86. The summed E-state index contributed by atoms with van der Waals surface area (Å²) >= 11 is 0. The van der Waals surface area contributed by atoms with Crippen molar-refractivity contribution in [2.45, 2.75) is 19.5 Å². The Morgan fingerprint density at radius 2 is 1.87 bits per heavy atom. The van der Waals surface area contributed by atoms with E-state index < -0.39 is 17.6 Å². The molecule has 0 heterocycles. The van der Waals surface area contributed by atoms with Gasteiger partial charge >= 0.3 is 6.18 Å². The highest BCUT2D eigenvalue weighted by Gasteiger charge is 2.31. The van der Waals surface area contributed by atoms with Crippen molar-refractivity contribution in [3.05, 3.63) is 35.1 Å². The van der Waals surface area contributed by atoms with Crippen molar-refractivity contribution in [3.8, 4) is 0 Å². The average molecular weight is 220 g/mol. The summed E-state index contributed by atoms with van der Waals surface area (Å²) in [5, 5.41) is 0. The number of benzene rings is 1. The van der Waals surface area contributed by atoms with E-state index in [9.17, 15) is 22.4 Å². The third-order valence-corrected chi connectivity index (χ3v) is 1.74. The van der Waals surface area contributed by atoms with E-state index in [1.807, 2.05) is 0 Å². The molecule has 5 heteroatoms. The number of Topliss-reactive ketones (excluding diaryl/α,β-unsaturated/α-hetero) is 1. The first-order valence-corrected chi connectivity index (χ1v) is 4.15. The summed E-state index contributed by atoms with van der Waals surface area (Å²) in [6.07, 6.45) is -4.78. The number of hydrogen-bond donors (Lipinski definition) is 0. The lowest BCUT2D eigenvalue weighted by Gasteiger charge is -2.08. The van der Waals surface area contributed by atoms with E-state index >= 15 is 0 Å². The van der Waals surface area contributed by atoms with E-state index in [0.29, 0.717) is 6.07 Å². The van der Waals surface area contributed by atoms with E-state index in [2.05, 4.69) is 0 Å². The fourth-order valence-electron chi connectivity index (χ4n) is 1.20. The SMILES string of the molecule is CC(=O)Cc1cc(F)cc(C(F)(F)F)c1. The molecule has 0 aliphatic heterocycles. The van der Waals surface area contributed by atoms with Gasteiger partial charge in [-0.3, -0.25) is 4.79 Å². The lowest BCUT2D eigenvalue weighted by atomic mass is 10.1. The Morgan fingerprint density at radius 1 is 1.27 bits per heavy atom. The highest BCUT2D eigenvalue weighted by Crippen LogP contribution is 2.30. The fourth-order valence-corrected chi connectivity index (χ4v) is 1.20. The molecule has 1 aromatic rings. The summed E-state index contributed by atoms with van der Waals surface area (Å²) in [5.41, 5.74) is -1.03. The van der Waals surface area contributed by atoms with Crippen LogP contribution in [0.3, 0.4) is 0 Å². The molecular weight excluding hydrogens is 212 g/mol. The minimum atomic E-state index is -4.59. The zero-order valence-electron chi connectivity index (χ0n) is 7.86. The lowest BCUT2D eigenvalue weighted by Crippen LogP contribution is -2.07. The van der Waals surface area contributed by atoms with Crippen molar-refractivity contribution in [1.29, 1.82) is 0 Å². The first kappa shape index (κ1) is 11.7. The lowest BCUT2D eigenvalue weighted by molar-refractivity contribution is -0.137. The fraction of sp³-hybridized carbons (Fsp3) is 0.300. The Hall–Kier alpha value is -1.39. The maximum absolute atomic E-state index is 12.8.